The summed E-state index contributed by atoms with van der Waals surface area (Å²) in [5.41, 5.74) is 0.974. The molecule has 2 rings (SSSR count). The second-order valence-corrected chi connectivity index (χ2v) is 10.7. The molecule has 1 heterocycles. The summed E-state index contributed by atoms with van der Waals surface area (Å²) >= 11 is 0. The van der Waals surface area contributed by atoms with Gasteiger partial charge in [-0.2, -0.15) is 0 Å². The van der Waals surface area contributed by atoms with Gasteiger partial charge in [0.2, 0.25) is 17.7 Å². The van der Waals surface area contributed by atoms with E-state index in [0.29, 0.717) is 25.8 Å². The molecule has 6 atom stereocenters. The highest BCUT2D eigenvalue weighted by Gasteiger charge is 2.45. The number of hydrogen-bond acceptors (Lipinski definition) is 9. The lowest BCUT2D eigenvalue weighted by Gasteiger charge is -2.42. The lowest BCUT2D eigenvalue weighted by atomic mass is 9.97. The fourth-order valence-corrected chi connectivity index (χ4v) is 4.82. The first kappa shape index (κ1) is 35.6. The summed E-state index contributed by atoms with van der Waals surface area (Å²) in [6.45, 7) is 2.47. The highest BCUT2D eigenvalue weighted by Crippen LogP contribution is 2.22. The second kappa shape index (κ2) is 20.3. The van der Waals surface area contributed by atoms with Crippen LogP contribution in [-0.2, 0) is 30.3 Å². The van der Waals surface area contributed by atoms with Gasteiger partial charge < -0.3 is 46.1 Å². The average Bonchev–Trinajstić information content (AvgIpc) is 2.97. The largest absolute Gasteiger partial charge is 0.394 e. The number of amides is 3. The molecule has 42 heavy (non-hydrogen) atoms. The van der Waals surface area contributed by atoms with Crippen LogP contribution in [0.2, 0.25) is 0 Å². The Bertz CT molecular complexity index is 922. The number of carbonyl (C=O) groups excluding carboxylic acids is 3. The number of rotatable bonds is 20. The minimum absolute atomic E-state index is 0.120. The predicted molar refractivity (Wildman–Crippen MR) is 157 cm³/mol. The summed E-state index contributed by atoms with van der Waals surface area (Å²) in [5.74, 6) is -0.729. The smallest absolute Gasteiger partial charge is 0.242 e. The summed E-state index contributed by atoms with van der Waals surface area (Å²) in [6.07, 6.45) is 1.88. The van der Waals surface area contributed by atoms with Gasteiger partial charge in [0.15, 0.2) is 6.29 Å². The zero-order valence-corrected chi connectivity index (χ0v) is 24.9. The molecule has 12 heteroatoms. The molecule has 1 saturated heterocycles. The summed E-state index contributed by atoms with van der Waals surface area (Å²) in [4.78, 5) is 37.0. The van der Waals surface area contributed by atoms with Crippen molar-refractivity contribution in [2.45, 2.75) is 101 Å². The number of aliphatic hydroxyl groups excluding tert-OH is 3. The topological polar surface area (TPSA) is 178 Å². The van der Waals surface area contributed by atoms with Crippen molar-refractivity contribution in [3.63, 3.8) is 0 Å². The molecule has 2 unspecified atom stereocenters. The van der Waals surface area contributed by atoms with Gasteiger partial charge in [0, 0.05) is 32.9 Å². The number of nitrogens with one attached hydrogen (secondary N) is 4. The van der Waals surface area contributed by atoms with Gasteiger partial charge in [0.1, 0.15) is 30.4 Å². The van der Waals surface area contributed by atoms with E-state index in [-0.39, 0.29) is 18.4 Å². The Hall–Kier alpha value is -2.61. The summed E-state index contributed by atoms with van der Waals surface area (Å²) in [5, 5.41) is 41.3. The van der Waals surface area contributed by atoms with E-state index >= 15 is 0 Å². The third-order valence-electron chi connectivity index (χ3n) is 7.17. The van der Waals surface area contributed by atoms with E-state index in [1.807, 2.05) is 37.4 Å². The maximum Gasteiger partial charge on any atom is 0.242 e. The Morgan fingerprint density at radius 2 is 1.64 bits per heavy atom. The third kappa shape index (κ3) is 13.1. The van der Waals surface area contributed by atoms with E-state index in [4.69, 9.17) is 9.47 Å². The quantitative estimate of drug-likeness (QED) is 0.103. The van der Waals surface area contributed by atoms with Gasteiger partial charge >= 0.3 is 0 Å². The molecular formula is C30H50N4O8. The van der Waals surface area contributed by atoms with Crippen LogP contribution in [0, 0.1) is 0 Å². The van der Waals surface area contributed by atoms with Crippen molar-refractivity contribution in [1.29, 1.82) is 0 Å². The van der Waals surface area contributed by atoms with Gasteiger partial charge in [-0.05, 0) is 44.8 Å². The van der Waals surface area contributed by atoms with Gasteiger partial charge in [-0.1, -0.05) is 49.6 Å². The Kier molecular flexibility index (Phi) is 17.2. The van der Waals surface area contributed by atoms with Crippen LogP contribution < -0.4 is 21.3 Å². The molecule has 0 radical (unpaired) electrons. The first-order valence-electron chi connectivity index (χ1n) is 15.0. The van der Waals surface area contributed by atoms with Crippen LogP contribution in [0.15, 0.2) is 30.3 Å². The lowest BCUT2D eigenvalue weighted by Crippen LogP contribution is -2.64. The predicted octanol–water partition coefficient (Wildman–Crippen LogP) is 0.131. The van der Waals surface area contributed by atoms with Crippen molar-refractivity contribution >= 4 is 17.7 Å². The minimum atomic E-state index is -1.35. The zero-order chi connectivity index (χ0) is 30.7. The van der Waals surface area contributed by atoms with E-state index in [1.54, 1.807) is 0 Å². The van der Waals surface area contributed by atoms with Crippen molar-refractivity contribution in [2.24, 2.45) is 0 Å². The second-order valence-electron chi connectivity index (χ2n) is 10.7. The SMILES string of the molecule is CNCCCCCC(=O)N[C@@H](Cc1ccccc1)C(=O)NCCCCCCO[C@@H]1OC(CO)[C@H](O)[C@H](O)C1NC(C)=O. The lowest BCUT2D eigenvalue weighted by molar-refractivity contribution is -0.270. The normalized spacial score (nSPS) is 22.7. The molecule has 7 N–H and O–H groups in total. The molecule has 0 bridgehead atoms. The number of unbranched alkanes of at least 4 members (excludes halogenated alkanes) is 5. The number of carbonyl (C=O) groups is 3. The Labute approximate surface area is 248 Å². The van der Waals surface area contributed by atoms with E-state index < -0.39 is 49.2 Å². The molecule has 3 amide bonds. The van der Waals surface area contributed by atoms with Gasteiger partial charge in [-0.15, -0.1) is 0 Å². The molecule has 238 valence electrons. The monoisotopic (exact) mass is 594 g/mol. The van der Waals surface area contributed by atoms with Crippen LogP contribution in [0.4, 0.5) is 0 Å². The molecule has 12 nitrogen and oxygen atoms in total. The van der Waals surface area contributed by atoms with Crippen LogP contribution >= 0.6 is 0 Å². The van der Waals surface area contributed by atoms with E-state index in [2.05, 4.69) is 21.3 Å². The molecule has 0 aliphatic carbocycles. The van der Waals surface area contributed by atoms with Gasteiger partial charge in [-0.25, -0.2) is 0 Å². The number of hydrogen-bond donors (Lipinski definition) is 7. The van der Waals surface area contributed by atoms with Crippen LogP contribution in [0.5, 0.6) is 0 Å². The maximum atomic E-state index is 13.0. The summed E-state index contributed by atoms with van der Waals surface area (Å²) < 4.78 is 11.3. The minimum Gasteiger partial charge on any atom is -0.394 e. The molecule has 0 saturated carbocycles. The maximum absolute atomic E-state index is 13.0. The summed E-state index contributed by atoms with van der Waals surface area (Å²) in [7, 11) is 1.90. The Morgan fingerprint density at radius 3 is 2.33 bits per heavy atom. The summed E-state index contributed by atoms with van der Waals surface area (Å²) in [6, 6.07) is 8.01. The molecule has 0 aromatic heterocycles. The molecule has 1 aliphatic heterocycles. The number of aliphatic hydroxyl groups is 3. The van der Waals surface area contributed by atoms with Gasteiger partial charge in [0.25, 0.3) is 0 Å². The van der Waals surface area contributed by atoms with Gasteiger partial charge in [-0.3, -0.25) is 14.4 Å². The molecule has 0 spiro atoms. The number of benzene rings is 1. The molecule has 1 aliphatic rings. The third-order valence-corrected chi connectivity index (χ3v) is 7.17. The van der Waals surface area contributed by atoms with Crippen LogP contribution in [-0.4, -0.2) is 103 Å². The van der Waals surface area contributed by atoms with E-state index in [9.17, 15) is 29.7 Å². The van der Waals surface area contributed by atoms with E-state index in [1.165, 1.54) is 6.92 Å². The van der Waals surface area contributed by atoms with Crippen LogP contribution in [0.25, 0.3) is 0 Å². The number of ether oxygens (including phenoxy) is 2. The van der Waals surface area contributed by atoms with Crippen LogP contribution in [0.3, 0.4) is 0 Å². The highest BCUT2D eigenvalue weighted by molar-refractivity contribution is 5.87. The van der Waals surface area contributed by atoms with Crippen molar-refractivity contribution in [1.82, 2.24) is 21.3 Å². The fourth-order valence-electron chi connectivity index (χ4n) is 4.82. The van der Waals surface area contributed by atoms with Crippen molar-refractivity contribution in [2.75, 3.05) is 33.4 Å². The van der Waals surface area contributed by atoms with Crippen LogP contribution in [0.1, 0.15) is 63.9 Å². The highest BCUT2D eigenvalue weighted by atomic mass is 16.7. The first-order chi connectivity index (χ1) is 20.3. The molecule has 1 aromatic rings. The average molecular weight is 595 g/mol. The Morgan fingerprint density at radius 1 is 0.952 bits per heavy atom. The van der Waals surface area contributed by atoms with Gasteiger partial charge in [0.05, 0.1) is 6.61 Å². The molecular weight excluding hydrogens is 544 g/mol. The molecule has 1 fully saturated rings. The Balaban J connectivity index is 1.72. The van der Waals surface area contributed by atoms with Crippen molar-refractivity contribution in [3.05, 3.63) is 35.9 Å². The fraction of sp³-hybridized carbons (Fsp3) is 0.700. The van der Waals surface area contributed by atoms with Crippen molar-refractivity contribution < 1.29 is 39.2 Å². The first-order valence-corrected chi connectivity index (χ1v) is 15.0. The molecule has 1 aromatic carbocycles. The standard InChI is InChI=1S/C30H50N4O8/c1-21(36)33-26-28(39)27(38)24(20-35)42-30(26)41-18-12-4-3-11-17-32-29(40)23(19-22-13-7-5-8-14-22)34-25(37)15-9-6-10-16-31-2/h5,7-8,13-14,23-24,26-28,30-31,35,38-39H,3-4,6,9-12,15-20H2,1-2H3,(H,32,40)(H,33,36)(H,34,37)/t23-,24?,26?,27-,28+,30+/m0/s1. The van der Waals surface area contributed by atoms with Crippen molar-refractivity contribution in [3.8, 4) is 0 Å². The van der Waals surface area contributed by atoms with E-state index in [0.717, 1.165) is 50.6 Å². The zero-order valence-electron chi connectivity index (χ0n) is 24.9.